The Labute approximate surface area is 154 Å². The molecule has 1 aliphatic rings. The van der Waals surface area contributed by atoms with Crippen molar-refractivity contribution in [2.45, 2.75) is 38.5 Å². The highest BCUT2D eigenvalue weighted by atomic mass is 32.1. The molecule has 0 saturated carbocycles. The summed E-state index contributed by atoms with van der Waals surface area (Å²) in [5.74, 6) is -1.94. The molecule has 0 fully saturated rings. The smallest absolute Gasteiger partial charge is 0.232 e. The molecule has 2 N–H and O–H groups in total. The van der Waals surface area contributed by atoms with Crippen LogP contribution in [0.1, 0.15) is 48.4 Å². The van der Waals surface area contributed by atoms with E-state index in [1.54, 1.807) is 6.07 Å². The minimum Gasteiger partial charge on any atom is -0.326 e. The first-order valence-corrected chi connectivity index (χ1v) is 8.95. The summed E-state index contributed by atoms with van der Waals surface area (Å²) in [4.78, 5) is 26.1. The van der Waals surface area contributed by atoms with Gasteiger partial charge in [0.15, 0.2) is 0 Å². The van der Waals surface area contributed by atoms with Crippen LogP contribution in [0.4, 0.5) is 15.8 Å². The highest BCUT2D eigenvalue weighted by Crippen LogP contribution is 2.37. The molecule has 1 aliphatic heterocycles. The monoisotopic (exact) mass is 371 g/mol. The van der Waals surface area contributed by atoms with Gasteiger partial charge in [-0.15, -0.1) is 11.3 Å². The third kappa shape index (κ3) is 3.46. The number of hydrogen-bond acceptors (Lipinski definition) is 4. The van der Waals surface area contributed by atoms with Crippen LogP contribution >= 0.6 is 11.3 Å². The molecule has 1 aromatic carbocycles. The fraction of sp³-hybridized carbons (Fsp3) is 0.316. The van der Waals surface area contributed by atoms with Gasteiger partial charge >= 0.3 is 0 Å². The first-order valence-electron chi connectivity index (χ1n) is 8.13. The van der Waals surface area contributed by atoms with E-state index in [1.165, 1.54) is 29.5 Å². The highest BCUT2D eigenvalue weighted by molar-refractivity contribution is 7.13. The van der Waals surface area contributed by atoms with Crippen molar-refractivity contribution in [3.63, 3.8) is 0 Å². The van der Waals surface area contributed by atoms with Crippen LogP contribution in [0.5, 0.6) is 0 Å². The normalized spacial score (nSPS) is 16.4. The number of hydrogen-bond donors (Lipinski definition) is 2. The van der Waals surface area contributed by atoms with Crippen molar-refractivity contribution in [2.75, 3.05) is 10.6 Å². The van der Waals surface area contributed by atoms with E-state index in [0.29, 0.717) is 21.8 Å². The number of halogens is 1. The van der Waals surface area contributed by atoms with Crippen molar-refractivity contribution < 1.29 is 14.0 Å². The molecule has 1 atom stereocenters. The van der Waals surface area contributed by atoms with Crippen LogP contribution in [0.2, 0.25) is 0 Å². The molecule has 0 saturated heterocycles. The molecule has 0 aliphatic carbocycles. The van der Waals surface area contributed by atoms with E-state index >= 15 is 0 Å². The third-order valence-electron chi connectivity index (χ3n) is 4.20. The summed E-state index contributed by atoms with van der Waals surface area (Å²) in [7, 11) is 0. The number of anilines is 2. The number of nitriles is 1. The van der Waals surface area contributed by atoms with Crippen LogP contribution in [-0.2, 0) is 15.0 Å². The third-order valence-corrected chi connectivity index (χ3v) is 5.67. The number of benzene rings is 1. The molecule has 7 heteroatoms. The Balaban J connectivity index is 1.91. The van der Waals surface area contributed by atoms with Crippen molar-refractivity contribution in [3.8, 4) is 6.07 Å². The Bertz CT molecular complexity index is 937. The van der Waals surface area contributed by atoms with E-state index in [-0.39, 0.29) is 23.7 Å². The first-order chi connectivity index (χ1) is 12.2. The fourth-order valence-corrected chi connectivity index (χ4v) is 3.80. The largest absolute Gasteiger partial charge is 0.326 e. The molecule has 2 amide bonds. The van der Waals surface area contributed by atoms with Gasteiger partial charge in [-0.25, -0.2) is 4.39 Å². The Kier molecular flexibility index (Phi) is 4.55. The van der Waals surface area contributed by atoms with Gasteiger partial charge in [-0.2, -0.15) is 5.26 Å². The van der Waals surface area contributed by atoms with Crippen molar-refractivity contribution in [1.82, 2.24) is 0 Å². The number of thiophene rings is 1. The van der Waals surface area contributed by atoms with Gasteiger partial charge in [0.25, 0.3) is 0 Å². The van der Waals surface area contributed by atoms with Gasteiger partial charge in [-0.05, 0) is 29.2 Å². The second-order valence-electron chi connectivity index (χ2n) is 7.24. The summed E-state index contributed by atoms with van der Waals surface area (Å²) < 4.78 is 13.4. The predicted molar refractivity (Wildman–Crippen MR) is 98.8 cm³/mol. The predicted octanol–water partition coefficient (Wildman–Crippen LogP) is 4.12. The van der Waals surface area contributed by atoms with Crippen LogP contribution in [0, 0.1) is 17.1 Å². The summed E-state index contributed by atoms with van der Waals surface area (Å²) in [5, 5.41) is 14.7. The molecule has 0 spiro atoms. The Hall–Kier alpha value is -2.72. The number of carbonyl (C=O) groups excluding carboxylic acids is 2. The van der Waals surface area contributed by atoms with E-state index in [4.69, 9.17) is 0 Å². The van der Waals surface area contributed by atoms with Crippen molar-refractivity contribution in [2.24, 2.45) is 0 Å². The first kappa shape index (κ1) is 18.1. The number of nitrogens with one attached hydrogen (secondary N) is 2. The fourth-order valence-electron chi connectivity index (χ4n) is 2.83. The van der Waals surface area contributed by atoms with Gasteiger partial charge in [0.1, 0.15) is 16.8 Å². The second kappa shape index (κ2) is 6.54. The van der Waals surface area contributed by atoms with Crippen molar-refractivity contribution >= 4 is 34.5 Å². The summed E-state index contributed by atoms with van der Waals surface area (Å²) in [6.07, 6.45) is -0.0252. The second-order valence-corrected chi connectivity index (χ2v) is 8.29. The molecule has 5 nitrogen and oxygen atoms in total. The zero-order valence-electron chi connectivity index (χ0n) is 14.6. The van der Waals surface area contributed by atoms with Gasteiger partial charge in [0, 0.05) is 17.0 Å². The Morgan fingerprint density at radius 1 is 1.38 bits per heavy atom. The van der Waals surface area contributed by atoms with Crippen LogP contribution in [-0.4, -0.2) is 11.8 Å². The van der Waals surface area contributed by atoms with E-state index in [1.807, 2.05) is 20.8 Å². The van der Waals surface area contributed by atoms with E-state index < -0.39 is 11.7 Å². The summed E-state index contributed by atoms with van der Waals surface area (Å²) in [6.45, 7) is 6.09. The minimum atomic E-state index is -0.733. The Morgan fingerprint density at radius 3 is 2.77 bits per heavy atom. The maximum Gasteiger partial charge on any atom is 0.232 e. The van der Waals surface area contributed by atoms with Crippen LogP contribution in [0.15, 0.2) is 24.3 Å². The standard InChI is InChI=1S/C19H18FN3O2S/c1-19(2,3)16-8-14(15(9-21)26-16)23-18(25)12-7-17(24)22-13-6-10(20)4-5-11(12)13/h4-6,8,12H,7H2,1-3H3,(H,22,24)(H,23,25). The lowest BCUT2D eigenvalue weighted by Crippen LogP contribution is -2.31. The van der Waals surface area contributed by atoms with E-state index in [2.05, 4.69) is 16.7 Å². The lowest BCUT2D eigenvalue weighted by molar-refractivity contribution is -0.123. The molecule has 0 bridgehead atoms. The zero-order valence-corrected chi connectivity index (χ0v) is 15.5. The van der Waals surface area contributed by atoms with Gasteiger partial charge in [-0.1, -0.05) is 26.8 Å². The number of nitrogens with zero attached hydrogens (tertiary/aromatic N) is 1. The molecular formula is C19H18FN3O2S. The van der Waals surface area contributed by atoms with Gasteiger partial charge < -0.3 is 10.6 Å². The van der Waals surface area contributed by atoms with Crippen molar-refractivity contribution in [1.29, 1.82) is 5.26 Å². The van der Waals surface area contributed by atoms with Crippen LogP contribution < -0.4 is 10.6 Å². The molecule has 3 rings (SSSR count). The summed E-state index contributed by atoms with van der Waals surface area (Å²) >= 11 is 1.34. The summed E-state index contributed by atoms with van der Waals surface area (Å²) in [6, 6.07) is 7.88. The Morgan fingerprint density at radius 2 is 2.12 bits per heavy atom. The molecule has 1 aromatic heterocycles. The van der Waals surface area contributed by atoms with E-state index in [9.17, 15) is 19.2 Å². The highest BCUT2D eigenvalue weighted by Gasteiger charge is 2.32. The molecule has 0 radical (unpaired) electrons. The number of amides is 2. The lowest BCUT2D eigenvalue weighted by Gasteiger charge is -2.24. The maximum atomic E-state index is 13.4. The van der Waals surface area contributed by atoms with Gasteiger partial charge in [0.05, 0.1) is 11.6 Å². The quantitative estimate of drug-likeness (QED) is 0.833. The van der Waals surface area contributed by atoms with E-state index in [0.717, 1.165) is 4.88 Å². The van der Waals surface area contributed by atoms with Crippen LogP contribution in [0.25, 0.3) is 0 Å². The summed E-state index contributed by atoms with van der Waals surface area (Å²) in [5.41, 5.74) is 1.17. The molecule has 2 heterocycles. The number of fused-ring (bicyclic) bond motifs is 1. The average Bonchev–Trinajstić information content (AvgIpc) is 2.96. The number of carbonyl (C=O) groups is 2. The SMILES string of the molecule is CC(C)(C)c1cc(NC(=O)C2CC(=O)Nc3cc(F)ccc32)c(C#N)s1. The topological polar surface area (TPSA) is 82.0 Å². The molecular weight excluding hydrogens is 353 g/mol. The van der Waals surface area contributed by atoms with Gasteiger partial charge in [-0.3, -0.25) is 9.59 Å². The molecule has 1 unspecified atom stereocenters. The lowest BCUT2D eigenvalue weighted by atomic mass is 9.89. The molecule has 26 heavy (non-hydrogen) atoms. The molecule has 2 aromatic rings. The van der Waals surface area contributed by atoms with Crippen LogP contribution in [0.3, 0.4) is 0 Å². The average molecular weight is 371 g/mol. The molecule has 134 valence electrons. The van der Waals surface area contributed by atoms with Crippen molar-refractivity contribution in [3.05, 3.63) is 45.4 Å². The minimum absolute atomic E-state index is 0.0252. The maximum absolute atomic E-state index is 13.4. The number of rotatable bonds is 2. The zero-order chi connectivity index (χ0) is 19.1. The van der Waals surface area contributed by atoms with Gasteiger partial charge in [0.2, 0.25) is 11.8 Å².